The molecule has 3 N–H and O–H groups in total. The van der Waals surface area contributed by atoms with Crippen LogP contribution >= 0.6 is 0 Å². The zero-order valence-corrected chi connectivity index (χ0v) is 10.9. The Balaban J connectivity index is 2.74. The van der Waals surface area contributed by atoms with Gasteiger partial charge < -0.3 is 15.7 Å². The average molecular weight is 268 g/mol. The minimum atomic E-state index is -1.41. The minimum absolute atomic E-state index is 0.0385. The quantitative estimate of drug-likeness (QED) is 0.735. The fourth-order valence-corrected chi connectivity index (χ4v) is 1.45. The molecule has 1 unspecified atom stereocenters. The molecular formula is C13H17FN2O3. The van der Waals surface area contributed by atoms with E-state index in [9.17, 15) is 14.0 Å². The number of hydrogen-bond donors (Lipinski definition) is 3. The molecule has 1 aromatic carbocycles. The van der Waals surface area contributed by atoms with Crippen molar-refractivity contribution < 1.29 is 19.1 Å². The molecule has 5 nitrogen and oxygen atoms in total. The molecule has 0 aliphatic heterocycles. The second-order valence-corrected chi connectivity index (χ2v) is 4.21. The number of anilines is 1. The van der Waals surface area contributed by atoms with Crippen LogP contribution in [0.1, 0.15) is 30.6 Å². The molecule has 0 aromatic heterocycles. The van der Waals surface area contributed by atoms with Crippen LogP contribution < -0.4 is 10.6 Å². The maximum atomic E-state index is 13.4. The van der Waals surface area contributed by atoms with Gasteiger partial charge in [-0.05, 0) is 25.5 Å². The van der Waals surface area contributed by atoms with Crippen LogP contribution in [0.15, 0.2) is 18.2 Å². The molecule has 0 saturated heterocycles. The average Bonchev–Trinajstić information content (AvgIpc) is 2.35. The molecule has 0 radical (unpaired) electrons. The van der Waals surface area contributed by atoms with Crippen LogP contribution in [0.3, 0.4) is 0 Å². The van der Waals surface area contributed by atoms with Gasteiger partial charge in [0.05, 0.1) is 12.2 Å². The lowest BCUT2D eigenvalue weighted by atomic mass is 10.1. The van der Waals surface area contributed by atoms with E-state index in [4.69, 9.17) is 5.11 Å². The Hall–Kier alpha value is -1.95. The lowest BCUT2D eigenvalue weighted by molar-refractivity contribution is -0.115. The molecule has 1 atom stereocenters. The van der Waals surface area contributed by atoms with Crippen LogP contribution in [0.4, 0.5) is 10.1 Å². The number of hydrogen-bond acceptors (Lipinski definition) is 3. The Morgan fingerprint density at radius 3 is 2.68 bits per heavy atom. The third kappa shape index (κ3) is 4.33. The van der Waals surface area contributed by atoms with Crippen LogP contribution in [0.2, 0.25) is 0 Å². The normalized spacial score (nSPS) is 11.9. The Labute approximate surface area is 110 Å². The fourth-order valence-electron chi connectivity index (χ4n) is 1.45. The summed E-state index contributed by atoms with van der Waals surface area (Å²) in [7, 11) is 0. The first kappa shape index (κ1) is 15.1. The maximum Gasteiger partial charge on any atom is 0.340 e. The molecule has 1 rings (SSSR count). The Kier molecular flexibility index (Phi) is 5.44. The van der Waals surface area contributed by atoms with Crippen molar-refractivity contribution in [3.63, 3.8) is 0 Å². The van der Waals surface area contributed by atoms with Crippen molar-refractivity contribution in [2.45, 2.75) is 26.3 Å². The first-order chi connectivity index (χ1) is 8.95. The maximum absolute atomic E-state index is 13.4. The van der Waals surface area contributed by atoms with E-state index in [1.165, 1.54) is 12.1 Å². The number of halogens is 1. The minimum Gasteiger partial charge on any atom is -0.478 e. The van der Waals surface area contributed by atoms with Gasteiger partial charge in [-0.3, -0.25) is 4.79 Å². The van der Waals surface area contributed by atoms with Gasteiger partial charge in [-0.2, -0.15) is 0 Å². The zero-order chi connectivity index (χ0) is 14.4. The number of carboxylic acid groups (broad SMARTS) is 1. The highest BCUT2D eigenvalue weighted by Crippen LogP contribution is 2.18. The second kappa shape index (κ2) is 6.84. The van der Waals surface area contributed by atoms with E-state index < -0.39 is 23.3 Å². The Morgan fingerprint density at radius 2 is 2.11 bits per heavy atom. The highest BCUT2D eigenvalue weighted by Gasteiger charge is 2.17. The summed E-state index contributed by atoms with van der Waals surface area (Å²) < 4.78 is 13.4. The number of carbonyl (C=O) groups is 2. The molecule has 0 fully saturated rings. The highest BCUT2D eigenvalue weighted by atomic mass is 19.1. The summed E-state index contributed by atoms with van der Waals surface area (Å²) in [5.74, 6) is -2.70. The molecule has 19 heavy (non-hydrogen) atoms. The molecule has 1 amide bonds. The summed E-state index contributed by atoms with van der Waals surface area (Å²) in [6.07, 6.45) is 0.869. The highest BCUT2D eigenvalue weighted by molar-refractivity contribution is 6.01. The number of nitrogens with one attached hydrogen (secondary N) is 2. The molecule has 0 saturated carbocycles. The summed E-state index contributed by atoms with van der Waals surface area (Å²) in [6, 6.07) is 3.92. The smallest absolute Gasteiger partial charge is 0.340 e. The summed E-state index contributed by atoms with van der Waals surface area (Å²) in [5, 5.41) is 14.3. The molecule has 0 spiro atoms. The summed E-state index contributed by atoms with van der Waals surface area (Å²) in [4.78, 5) is 22.6. The van der Waals surface area contributed by atoms with Crippen molar-refractivity contribution in [1.82, 2.24) is 5.32 Å². The van der Waals surface area contributed by atoms with Crippen LogP contribution in [-0.4, -0.2) is 29.6 Å². The lowest BCUT2D eigenvalue weighted by Gasteiger charge is -2.12. The second-order valence-electron chi connectivity index (χ2n) is 4.21. The molecule has 0 bridgehead atoms. The summed E-state index contributed by atoms with van der Waals surface area (Å²) >= 11 is 0. The third-order valence-electron chi connectivity index (χ3n) is 2.73. The van der Waals surface area contributed by atoms with Gasteiger partial charge in [-0.25, -0.2) is 9.18 Å². The largest absolute Gasteiger partial charge is 0.478 e. The number of carboxylic acids is 1. The van der Waals surface area contributed by atoms with Crippen molar-refractivity contribution in [2.24, 2.45) is 0 Å². The van der Waals surface area contributed by atoms with Crippen molar-refractivity contribution in [2.75, 3.05) is 11.9 Å². The Morgan fingerprint density at radius 1 is 1.42 bits per heavy atom. The van der Waals surface area contributed by atoms with Gasteiger partial charge in [-0.15, -0.1) is 0 Å². The predicted molar refractivity (Wildman–Crippen MR) is 69.7 cm³/mol. The van der Waals surface area contributed by atoms with Gasteiger partial charge in [0, 0.05) is 6.04 Å². The van der Waals surface area contributed by atoms with E-state index >= 15 is 0 Å². The van der Waals surface area contributed by atoms with Crippen molar-refractivity contribution in [1.29, 1.82) is 0 Å². The van der Waals surface area contributed by atoms with Gasteiger partial charge >= 0.3 is 5.97 Å². The molecule has 6 heteroatoms. The Bertz CT molecular complexity index is 477. The topological polar surface area (TPSA) is 78.4 Å². The molecule has 1 aromatic rings. The van der Waals surface area contributed by atoms with Gasteiger partial charge in [0.2, 0.25) is 5.91 Å². The lowest BCUT2D eigenvalue weighted by Crippen LogP contribution is -2.34. The van der Waals surface area contributed by atoms with E-state index in [0.29, 0.717) is 0 Å². The monoisotopic (exact) mass is 268 g/mol. The van der Waals surface area contributed by atoms with E-state index in [1.807, 2.05) is 13.8 Å². The first-order valence-corrected chi connectivity index (χ1v) is 6.00. The molecule has 0 aliphatic carbocycles. The molecular weight excluding hydrogens is 251 g/mol. The number of aromatic carboxylic acids is 1. The number of benzene rings is 1. The van der Waals surface area contributed by atoms with E-state index in [0.717, 1.165) is 12.5 Å². The summed E-state index contributed by atoms with van der Waals surface area (Å²) in [6.45, 7) is 3.95. The van der Waals surface area contributed by atoms with Gasteiger partial charge in [0.1, 0.15) is 11.4 Å². The fraction of sp³-hybridized carbons (Fsp3) is 0.385. The standard InChI is InChI=1S/C13H17FN2O3/c1-3-8(2)15-7-11(17)16-10-6-4-5-9(14)12(10)13(18)19/h4-6,8,15H,3,7H2,1-2H3,(H,16,17)(H,18,19). The molecule has 0 heterocycles. The van der Waals surface area contributed by atoms with Gasteiger partial charge in [-0.1, -0.05) is 13.0 Å². The number of amides is 1. The summed E-state index contributed by atoms with van der Waals surface area (Å²) in [5.41, 5.74) is -0.567. The number of rotatable bonds is 6. The molecule has 104 valence electrons. The van der Waals surface area contributed by atoms with Crippen molar-refractivity contribution >= 4 is 17.6 Å². The third-order valence-corrected chi connectivity index (χ3v) is 2.73. The zero-order valence-electron chi connectivity index (χ0n) is 10.9. The van der Waals surface area contributed by atoms with Gasteiger partial charge in [0.25, 0.3) is 0 Å². The van der Waals surface area contributed by atoms with Crippen LogP contribution in [0.5, 0.6) is 0 Å². The van der Waals surface area contributed by atoms with E-state index in [1.54, 1.807) is 0 Å². The number of carbonyl (C=O) groups excluding carboxylic acids is 1. The van der Waals surface area contributed by atoms with Crippen LogP contribution in [0.25, 0.3) is 0 Å². The van der Waals surface area contributed by atoms with Gasteiger partial charge in [0.15, 0.2) is 0 Å². The van der Waals surface area contributed by atoms with Crippen molar-refractivity contribution in [3.8, 4) is 0 Å². The first-order valence-electron chi connectivity index (χ1n) is 6.00. The van der Waals surface area contributed by atoms with Crippen LogP contribution in [-0.2, 0) is 4.79 Å². The SMILES string of the molecule is CCC(C)NCC(=O)Nc1cccc(F)c1C(=O)O. The van der Waals surface area contributed by atoms with Crippen LogP contribution in [0, 0.1) is 5.82 Å². The van der Waals surface area contributed by atoms with E-state index in [-0.39, 0.29) is 18.3 Å². The van der Waals surface area contributed by atoms with Crippen molar-refractivity contribution in [3.05, 3.63) is 29.6 Å². The predicted octanol–water partition coefficient (Wildman–Crippen LogP) is 1.85. The van der Waals surface area contributed by atoms with E-state index in [2.05, 4.69) is 10.6 Å². The molecule has 0 aliphatic rings.